The quantitative estimate of drug-likeness (QED) is 0.485. The zero-order valence-electron chi connectivity index (χ0n) is 9.60. The molecule has 98 valence electrons. The molecule has 0 saturated heterocycles. The molecule has 1 aromatic carbocycles. The summed E-state index contributed by atoms with van der Waals surface area (Å²) in [5, 5.41) is 10.9. The smallest absolute Gasteiger partial charge is 0.337 e. The Bertz CT molecular complexity index is 615. The van der Waals surface area contributed by atoms with Gasteiger partial charge < -0.3 is 4.74 Å². The molecule has 0 aliphatic heterocycles. The standard InChI is InChI=1S/C10H7N3O4S2/c1-17-9(14)6-2-3-7(13(15)16)8(4-6)18-10-11-5-12-19-10/h2-5H,1H3. The van der Waals surface area contributed by atoms with Gasteiger partial charge in [0.05, 0.1) is 22.5 Å². The van der Waals surface area contributed by atoms with E-state index >= 15 is 0 Å². The van der Waals surface area contributed by atoms with Gasteiger partial charge in [-0.2, -0.15) is 4.37 Å². The molecule has 0 saturated carbocycles. The van der Waals surface area contributed by atoms with Crippen molar-refractivity contribution in [2.24, 2.45) is 0 Å². The first-order valence-corrected chi connectivity index (χ1v) is 6.52. The Labute approximate surface area is 115 Å². The highest BCUT2D eigenvalue weighted by Gasteiger charge is 2.19. The van der Waals surface area contributed by atoms with Gasteiger partial charge in [-0.25, -0.2) is 9.78 Å². The van der Waals surface area contributed by atoms with Gasteiger partial charge in [0, 0.05) is 6.07 Å². The van der Waals surface area contributed by atoms with Gasteiger partial charge >= 0.3 is 5.97 Å². The summed E-state index contributed by atoms with van der Waals surface area (Å²) in [7, 11) is 1.25. The summed E-state index contributed by atoms with van der Waals surface area (Å²) >= 11 is 2.21. The molecule has 9 heteroatoms. The third-order valence-corrected chi connectivity index (χ3v) is 3.88. The molecule has 0 unspecified atom stereocenters. The summed E-state index contributed by atoms with van der Waals surface area (Å²) in [5.41, 5.74) is 0.160. The number of carbonyl (C=O) groups excluding carboxylic acids is 1. The first-order valence-electron chi connectivity index (χ1n) is 4.93. The van der Waals surface area contributed by atoms with Gasteiger partial charge in [0.2, 0.25) is 0 Å². The molecule has 0 aliphatic carbocycles. The van der Waals surface area contributed by atoms with Crippen molar-refractivity contribution in [2.75, 3.05) is 7.11 Å². The highest BCUT2D eigenvalue weighted by molar-refractivity contribution is 8.01. The number of aromatic nitrogens is 2. The van der Waals surface area contributed by atoms with Crippen LogP contribution >= 0.6 is 23.3 Å². The number of nitro groups is 1. The van der Waals surface area contributed by atoms with E-state index in [0.717, 1.165) is 23.3 Å². The fourth-order valence-electron chi connectivity index (χ4n) is 1.29. The van der Waals surface area contributed by atoms with Crippen molar-refractivity contribution in [1.82, 2.24) is 9.36 Å². The maximum Gasteiger partial charge on any atom is 0.337 e. The van der Waals surface area contributed by atoms with Gasteiger partial charge in [-0.1, -0.05) is 11.8 Å². The lowest BCUT2D eigenvalue weighted by Gasteiger charge is -2.03. The van der Waals surface area contributed by atoms with Gasteiger partial charge in [-0.05, 0) is 23.7 Å². The van der Waals surface area contributed by atoms with Gasteiger partial charge in [-0.15, -0.1) is 0 Å². The van der Waals surface area contributed by atoms with E-state index in [2.05, 4.69) is 14.1 Å². The Morgan fingerprint density at radius 1 is 1.53 bits per heavy atom. The van der Waals surface area contributed by atoms with Crippen LogP contribution in [0.25, 0.3) is 0 Å². The van der Waals surface area contributed by atoms with Crippen molar-refractivity contribution in [3.05, 3.63) is 40.2 Å². The van der Waals surface area contributed by atoms with Crippen molar-refractivity contribution in [3.63, 3.8) is 0 Å². The molecule has 7 nitrogen and oxygen atoms in total. The largest absolute Gasteiger partial charge is 0.465 e. The molecule has 0 radical (unpaired) electrons. The lowest BCUT2D eigenvalue weighted by Crippen LogP contribution is -2.02. The van der Waals surface area contributed by atoms with E-state index in [4.69, 9.17) is 0 Å². The molecule has 0 N–H and O–H groups in total. The van der Waals surface area contributed by atoms with Gasteiger partial charge in [0.25, 0.3) is 5.69 Å². The van der Waals surface area contributed by atoms with E-state index in [-0.39, 0.29) is 11.3 Å². The first kappa shape index (κ1) is 13.4. The number of nitro benzene ring substituents is 1. The molecule has 0 amide bonds. The van der Waals surface area contributed by atoms with Crippen molar-refractivity contribution < 1.29 is 14.5 Å². The second-order valence-corrected chi connectivity index (χ2v) is 5.31. The highest BCUT2D eigenvalue weighted by Crippen LogP contribution is 2.35. The van der Waals surface area contributed by atoms with Crippen LogP contribution in [0.4, 0.5) is 5.69 Å². The molecule has 0 fully saturated rings. The number of hydrogen-bond acceptors (Lipinski definition) is 8. The van der Waals surface area contributed by atoms with Crippen LogP contribution < -0.4 is 0 Å². The highest BCUT2D eigenvalue weighted by atomic mass is 32.2. The summed E-state index contributed by atoms with van der Waals surface area (Å²) in [6.45, 7) is 0. The average Bonchev–Trinajstić information content (AvgIpc) is 2.90. The summed E-state index contributed by atoms with van der Waals surface area (Å²) in [6.07, 6.45) is 1.36. The monoisotopic (exact) mass is 297 g/mol. The minimum absolute atomic E-state index is 0.0900. The summed E-state index contributed by atoms with van der Waals surface area (Å²) in [6, 6.07) is 4.04. The first-order chi connectivity index (χ1) is 9.11. The molecule has 2 aromatic rings. The molecule has 1 heterocycles. The van der Waals surface area contributed by atoms with Crippen molar-refractivity contribution >= 4 is 35.0 Å². The summed E-state index contributed by atoms with van der Waals surface area (Å²) in [5.74, 6) is -0.547. The Balaban J connectivity index is 2.41. The van der Waals surface area contributed by atoms with E-state index < -0.39 is 10.9 Å². The van der Waals surface area contributed by atoms with Crippen LogP contribution in [-0.4, -0.2) is 27.4 Å². The van der Waals surface area contributed by atoms with Crippen LogP contribution in [-0.2, 0) is 4.74 Å². The minimum Gasteiger partial charge on any atom is -0.465 e. The third-order valence-electron chi connectivity index (χ3n) is 2.12. The fraction of sp³-hybridized carbons (Fsp3) is 0.100. The van der Waals surface area contributed by atoms with Gasteiger partial charge in [-0.3, -0.25) is 10.1 Å². The van der Waals surface area contributed by atoms with E-state index in [1.807, 2.05) is 0 Å². The van der Waals surface area contributed by atoms with Crippen molar-refractivity contribution in [2.45, 2.75) is 9.24 Å². The molecule has 0 atom stereocenters. The van der Waals surface area contributed by atoms with Gasteiger partial charge in [0.1, 0.15) is 6.33 Å². The lowest BCUT2D eigenvalue weighted by atomic mass is 10.2. The van der Waals surface area contributed by atoms with Crippen LogP contribution in [0.1, 0.15) is 10.4 Å². The molecule has 2 rings (SSSR count). The normalized spacial score (nSPS) is 10.2. The predicted molar refractivity (Wildman–Crippen MR) is 68.5 cm³/mol. The number of ether oxygens (including phenoxy) is 1. The SMILES string of the molecule is COC(=O)c1ccc([N+](=O)[O-])c(Sc2ncns2)c1. The van der Waals surface area contributed by atoms with Crippen LogP contribution in [0.2, 0.25) is 0 Å². The molecule has 19 heavy (non-hydrogen) atoms. The maximum atomic E-state index is 11.4. The number of rotatable bonds is 4. The average molecular weight is 297 g/mol. The predicted octanol–water partition coefficient (Wildman–Crippen LogP) is 2.38. The zero-order chi connectivity index (χ0) is 13.8. The Kier molecular flexibility index (Phi) is 4.07. The third kappa shape index (κ3) is 3.06. The number of nitrogens with zero attached hydrogens (tertiary/aromatic N) is 3. The number of benzene rings is 1. The zero-order valence-corrected chi connectivity index (χ0v) is 11.2. The number of carbonyl (C=O) groups is 1. The van der Waals surface area contributed by atoms with Crippen LogP contribution in [0, 0.1) is 10.1 Å². The summed E-state index contributed by atoms with van der Waals surface area (Å²) in [4.78, 5) is 26.1. The van der Waals surface area contributed by atoms with Gasteiger partial charge in [0.15, 0.2) is 4.34 Å². The molecule has 1 aromatic heterocycles. The Morgan fingerprint density at radius 2 is 2.32 bits per heavy atom. The molecule has 0 spiro atoms. The van der Waals surface area contributed by atoms with E-state index in [0.29, 0.717) is 9.24 Å². The lowest BCUT2D eigenvalue weighted by molar-refractivity contribution is -0.387. The van der Waals surface area contributed by atoms with Crippen molar-refractivity contribution in [1.29, 1.82) is 0 Å². The topological polar surface area (TPSA) is 95.2 Å². The fourth-order valence-corrected chi connectivity index (χ4v) is 2.84. The van der Waals surface area contributed by atoms with Crippen LogP contribution in [0.3, 0.4) is 0 Å². The Morgan fingerprint density at radius 3 is 2.89 bits per heavy atom. The molecular weight excluding hydrogens is 290 g/mol. The number of esters is 1. The van der Waals surface area contributed by atoms with E-state index in [1.54, 1.807) is 0 Å². The molecule has 0 aliphatic rings. The summed E-state index contributed by atoms with van der Waals surface area (Å²) < 4.78 is 8.96. The molecule has 0 bridgehead atoms. The second-order valence-electron chi connectivity index (χ2n) is 3.24. The van der Waals surface area contributed by atoms with E-state index in [9.17, 15) is 14.9 Å². The number of hydrogen-bond donors (Lipinski definition) is 0. The second kappa shape index (κ2) is 5.76. The minimum atomic E-state index is -0.547. The Hall–Kier alpha value is -2.00. The maximum absolute atomic E-state index is 11.4. The number of methoxy groups -OCH3 is 1. The molecular formula is C10H7N3O4S2. The van der Waals surface area contributed by atoms with Crippen LogP contribution in [0.15, 0.2) is 33.8 Å². The van der Waals surface area contributed by atoms with E-state index in [1.165, 1.54) is 31.6 Å². The van der Waals surface area contributed by atoms with Crippen molar-refractivity contribution in [3.8, 4) is 0 Å². The van der Waals surface area contributed by atoms with Crippen LogP contribution in [0.5, 0.6) is 0 Å².